The van der Waals surface area contributed by atoms with Crippen LogP contribution in [0.1, 0.15) is 219 Å². The van der Waals surface area contributed by atoms with Crippen LogP contribution in [0.2, 0.25) is 0 Å². The van der Waals surface area contributed by atoms with Crippen LogP contribution in [0, 0.1) is 0 Å². The first kappa shape index (κ1) is 55.2. The maximum Gasteiger partial charge on any atom is 0.306 e. The topological polar surface area (TPSA) is 152 Å². The van der Waals surface area contributed by atoms with E-state index in [1.807, 2.05) is 0 Å². The number of unbranched alkanes of at least 4 members (excludes halogenated alkanes) is 26. The van der Waals surface area contributed by atoms with Crippen LogP contribution in [0.4, 0.5) is 0 Å². The number of hydrogen-bond acceptors (Lipinski definition) is 10. The van der Waals surface area contributed by atoms with Crippen LogP contribution >= 0.6 is 0 Å². The molecule has 346 valence electrons. The molecule has 0 spiro atoms. The van der Waals surface area contributed by atoms with Gasteiger partial charge in [0, 0.05) is 12.8 Å². The molecular weight excluding hydrogens is 749 g/mol. The molecule has 1 saturated heterocycles. The second-order valence-corrected chi connectivity index (χ2v) is 16.9. The number of allylic oxidation sites excluding steroid dienone is 4. The second-order valence-electron chi connectivity index (χ2n) is 16.9. The SMILES string of the molecule is CCCC/C=C/CCCCCCCC(=O)OC[C@H](CO[C@@H]1O[C@H](CO)[C@H](O)C(O)C1O)OC(=O)CCC/C=C/CCCCCCCCCCCCCCCCCCCC. The molecule has 10 nitrogen and oxygen atoms in total. The van der Waals surface area contributed by atoms with E-state index in [-0.39, 0.29) is 26.1 Å². The number of aliphatic hydroxyl groups excluding tert-OH is 4. The van der Waals surface area contributed by atoms with Crippen molar-refractivity contribution in [2.24, 2.45) is 0 Å². The molecule has 1 aliphatic rings. The lowest BCUT2D eigenvalue weighted by Gasteiger charge is -2.39. The maximum absolute atomic E-state index is 12.8. The van der Waals surface area contributed by atoms with Gasteiger partial charge in [-0.3, -0.25) is 9.59 Å². The predicted octanol–water partition coefficient (Wildman–Crippen LogP) is 10.9. The fourth-order valence-electron chi connectivity index (χ4n) is 7.41. The van der Waals surface area contributed by atoms with Crippen LogP contribution in [-0.4, -0.2) is 89.0 Å². The number of aliphatic hydroxyl groups is 4. The Bertz CT molecular complexity index is 1020. The van der Waals surface area contributed by atoms with Crippen LogP contribution in [-0.2, 0) is 28.5 Å². The predicted molar refractivity (Wildman–Crippen MR) is 238 cm³/mol. The zero-order chi connectivity index (χ0) is 43.0. The van der Waals surface area contributed by atoms with E-state index in [4.69, 9.17) is 18.9 Å². The molecule has 1 rings (SSSR count). The third-order valence-corrected chi connectivity index (χ3v) is 11.3. The molecule has 0 aliphatic carbocycles. The van der Waals surface area contributed by atoms with Gasteiger partial charge in [-0.05, 0) is 51.4 Å². The summed E-state index contributed by atoms with van der Waals surface area (Å²) < 4.78 is 22.1. The van der Waals surface area contributed by atoms with E-state index in [1.54, 1.807) is 0 Å². The van der Waals surface area contributed by atoms with E-state index in [9.17, 15) is 30.0 Å². The molecule has 0 aromatic rings. The Morgan fingerprint density at radius 2 is 0.932 bits per heavy atom. The van der Waals surface area contributed by atoms with Crippen molar-refractivity contribution < 1.29 is 49.0 Å². The van der Waals surface area contributed by atoms with E-state index < -0.39 is 55.4 Å². The van der Waals surface area contributed by atoms with Crippen molar-refractivity contribution in [1.82, 2.24) is 0 Å². The van der Waals surface area contributed by atoms with Gasteiger partial charge in [0.1, 0.15) is 31.0 Å². The highest BCUT2D eigenvalue weighted by Gasteiger charge is 2.44. The minimum atomic E-state index is -1.60. The third-order valence-electron chi connectivity index (χ3n) is 11.3. The number of carbonyl (C=O) groups excluding carboxylic acids is 2. The largest absolute Gasteiger partial charge is 0.462 e. The number of esters is 2. The van der Waals surface area contributed by atoms with E-state index in [0.29, 0.717) is 12.8 Å². The Labute approximate surface area is 360 Å². The van der Waals surface area contributed by atoms with Crippen molar-refractivity contribution in [2.75, 3.05) is 19.8 Å². The number of rotatable bonds is 41. The Balaban J connectivity index is 2.25. The van der Waals surface area contributed by atoms with Crippen molar-refractivity contribution in [3.63, 3.8) is 0 Å². The van der Waals surface area contributed by atoms with Crippen molar-refractivity contribution in [3.05, 3.63) is 24.3 Å². The van der Waals surface area contributed by atoms with Gasteiger partial charge in [-0.25, -0.2) is 0 Å². The smallest absolute Gasteiger partial charge is 0.306 e. The lowest BCUT2D eigenvalue weighted by molar-refractivity contribution is -0.305. The third kappa shape index (κ3) is 31.7. The van der Waals surface area contributed by atoms with Crippen molar-refractivity contribution in [1.29, 1.82) is 0 Å². The second kappa shape index (κ2) is 40.3. The van der Waals surface area contributed by atoms with E-state index in [2.05, 4.69) is 38.2 Å². The van der Waals surface area contributed by atoms with Crippen LogP contribution in [0.15, 0.2) is 24.3 Å². The summed E-state index contributed by atoms with van der Waals surface area (Å²) in [7, 11) is 0. The summed E-state index contributed by atoms with van der Waals surface area (Å²) in [6.07, 6.45) is 37.8. The molecule has 0 saturated carbocycles. The van der Waals surface area contributed by atoms with Gasteiger partial charge in [-0.2, -0.15) is 0 Å². The fourth-order valence-corrected chi connectivity index (χ4v) is 7.41. The molecule has 1 heterocycles. The first-order chi connectivity index (χ1) is 28.8. The summed E-state index contributed by atoms with van der Waals surface area (Å²) in [5.74, 6) is -0.849. The molecule has 2 unspecified atom stereocenters. The quantitative estimate of drug-likeness (QED) is 0.0266. The van der Waals surface area contributed by atoms with Gasteiger partial charge in [-0.15, -0.1) is 0 Å². The molecule has 0 bridgehead atoms. The van der Waals surface area contributed by atoms with Crippen LogP contribution < -0.4 is 0 Å². The van der Waals surface area contributed by atoms with Gasteiger partial charge in [-0.1, -0.05) is 179 Å². The van der Waals surface area contributed by atoms with E-state index in [1.165, 1.54) is 128 Å². The summed E-state index contributed by atoms with van der Waals surface area (Å²) in [6, 6.07) is 0. The average molecular weight is 839 g/mol. The molecule has 1 aliphatic heterocycles. The standard InChI is InChI=1S/C49H90O10/c1-3-5-7-9-11-13-15-16-17-18-19-20-21-22-23-24-25-26-28-30-32-34-36-38-45(52)58-42(41-57-49-48(55)47(54)46(53)43(39-50)59-49)40-56-44(51)37-35-33-31-29-27-14-12-10-8-6-4-2/h10,12,30,32,42-43,46-50,53-55H,3-9,11,13-29,31,33-41H2,1-2H3/b12-10+,32-30+/t42-,43-,46+,47?,48?,49-/m1/s1. The van der Waals surface area contributed by atoms with Gasteiger partial charge in [0.05, 0.1) is 13.2 Å². The molecule has 0 radical (unpaired) electrons. The summed E-state index contributed by atoms with van der Waals surface area (Å²) >= 11 is 0. The molecule has 4 N–H and O–H groups in total. The number of carbonyl (C=O) groups is 2. The minimum absolute atomic E-state index is 0.183. The first-order valence-electron chi connectivity index (χ1n) is 24.4. The summed E-state index contributed by atoms with van der Waals surface area (Å²) in [4.78, 5) is 25.3. The highest BCUT2D eigenvalue weighted by molar-refractivity contribution is 5.70. The van der Waals surface area contributed by atoms with Gasteiger partial charge in [0.2, 0.25) is 0 Å². The lowest BCUT2D eigenvalue weighted by atomic mass is 9.99. The Morgan fingerprint density at radius 3 is 1.42 bits per heavy atom. The lowest BCUT2D eigenvalue weighted by Crippen LogP contribution is -2.59. The monoisotopic (exact) mass is 839 g/mol. The molecule has 59 heavy (non-hydrogen) atoms. The van der Waals surface area contributed by atoms with Gasteiger partial charge < -0.3 is 39.4 Å². The first-order valence-corrected chi connectivity index (χ1v) is 24.4. The maximum atomic E-state index is 12.8. The summed E-state index contributed by atoms with van der Waals surface area (Å²) in [5.41, 5.74) is 0. The zero-order valence-corrected chi connectivity index (χ0v) is 37.8. The van der Waals surface area contributed by atoms with Gasteiger partial charge >= 0.3 is 11.9 Å². The normalized spacial score (nSPS) is 20.1. The number of hydrogen-bond donors (Lipinski definition) is 4. The molecule has 1 fully saturated rings. The highest BCUT2D eigenvalue weighted by atomic mass is 16.7. The van der Waals surface area contributed by atoms with Crippen molar-refractivity contribution >= 4 is 11.9 Å². The molecule has 0 amide bonds. The van der Waals surface area contributed by atoms with Gasteiger partial charge in [0.15, 0.2) is 12.4 Å². The summed E-state index contributed by atoms with van der Waals surface area (Å²) in [5, 5.41) is 40.1. The van der Waals surface area contributed by atoms with E-state index >= 15 is 0 Å². The van der Waals surface area contributed by atoms with Gasteiger partial charge in [0.25, 0.3) is 0 Å². The Hall–Kier alpha value is -1.82. The van der Waals surface area contributed by atoms with Crippen LogP contribution in [0.25, 0.3) is 0 Å². The molecular formula is C49H90O10. The molecule has 6 atom stereocenters. The fraction of sp³-hybridized carbons (Fsp3) is 0.878. The molecule has 0 aromatic carbocycles. The Kier molecular flexibility index (Phi) is 37.7. The summed E-state index contributed by atoms with van der Waals surface area (Å²) in [6.45, 7) is 3.37. The Morgan fingerprint density at radius 1 is 0.508 bits per heavy atom. The molecule has 10 heteroatoms. The molecule has 0 aromatic heterocycles. The highest BCUT2D eigenvalue weighted by Crippen LogP contribution is 2.23. The van der Waals surface area contributed by atoms with Crippen LogP contribution in [0.3, 0.4) is 0 Å². The number of ether oxygens (including phenoxy) is 4. The van der Waals surface area contributed by atoms with Crippen molar-refractivity contribution in [2.45, 2.75) is 256 Å². The zero-order valence-electron chi connectivity index (χ0n) is 37.8. The van der Waals surface area contributed by atoms with Crippen molar-refractivity contribution in [3.8, 4) is 0 Å². The van der Waals surface area contributed by atoms with Crippen LogP contribution in [0.5, 0.6) is 0 Å². The average Bonchev–Trinajstić information content (AvgIpc) is 3.23. The minimum Gasteiger partial charge on any atom is -0.462 e. The van der Waals surface area contributed by atoms with E-state index in [0.717, 1.165) is 51.4 Å².